The van der Waals surface area contributed by atoms with Gasteiger partial charge >= 0.3 is 5.97 Å². The largest absolute Gasteiger partial charge is 0.493 e. The molecule has 4 N–H and O–H groups in total. The Kier molecular flexibility index (Phi) is 14.1. The number of aliphatic hydroxyl groups is 1. The van der Waals surface area contributed by atoms with Gasteiger partial charge in [-0.25, -0.2) is 0 Å². The number of halogens is 1. The molecule has 1 saturated heterocycles. The van der Waals surface area contributed by atoms with Gasteiger partial charge in [-0.1, -0.05) is 41.9 Å². The van der Waals surface area contributed by atoms with E-state index in [1.54, 1.807) is 31.3 Å². The predicted octanol–water partition coefficient (Wildman–Crippen LogP) is 5.95. The summed E-state index contributed by atoms with van der Waals surface area (Å²) in [5.74, 6) is 0.392. The van der Waals surface area contributed by atoms with Gasteiger partial charge in [0, 0.05) is 68.7 Å². The smallest absolute Gasteiger partial charge is 0.326 e. The number of likely N-dealkylation sites (tertiary alicyclic amines) is 1. The maximum atomic E-state index is 11.8. The number of aromatic nitrogens is 1. The number of carboxylic acids is 1. The molecule has 3 aromatic carbocycles. The van der Waals surface area contributed by atoms with E-state index in [4.69, 9.17) is 25.8 Å². The van der Waals surface area contributed by atoms with Gasteiger partial charge in [0.25, 0.3) is 0 Å². The molecule has 1 amide bonds. The molecule has 1 aliphatic heterocycles. The molecule has 5 rings (SSSR count). The van der Waals surface area contributed by atoms with Crippen molar-refractivity contribution in [2.45, 2.75) is 71.9 Å². The molecule has 2 atom stereocenters. The van der Waals surface area contributed by atoms with Crippen LogP contribution < -0.4 is 24.8 Å². The maximum Gasteiger partial charge on any atom is 0.326 e. The van der Waals surface area contributed by atoms with E-state index in [9.17, 15) is 25.1 Å². The number of aliphatic hydroxyl groups excluding tert-OH is 1. The fourth-order valence-electron chi connectivity index (χ4n) is 6.50. The molecule has 2 heterocycles. The number of hydrogen-bond donors (Lipinski definition) is 4. The Hall–Kier alpha value is -5.19. The van der Waals surface area contributed by atoms with Crippen molar-refractivity contribution >= 4 is 23.5 Å². The zero-order valence-corrected chi connectivity index (χ0v) is 32.4. The first-order valence-corrected chi connectivity index (χ1v) is 18.6. The molecule has 0 radical (unpaired) electrons. The molecule has 1 unspecified atom stereocenters. The second kappa shape index (κ2) is 18.9. The molecule has 0 spiro atoms. The molecule has 0 saturated carbocycles. The number of nitrogens with zero attached hydrogens (tertiary/aromatic N) is 3. The molecule has 290 valence electrons. The van der Waals surface area contributed by atoms with Gasteiger partial charge in [-0.3, -0.25) is 19.9 Å². The van der Waals surface area contributed by atoms with Crippen LogP contribution in [0.2, 0.25) is 5.02 Å². The number of ether oxygens (including phenoxy) is 3. The van der Waals surface area contributed by atoms with Crippen LogP contribution in [0.3, 0.4) is 0 Å². The van der Waals surface area contributed by atoms with Crippen molar-refractivity contribution in [3.8, 4) is 34.4 Å². The number of carboxylic acid groups (broad SMARTS) is 1. The van der Waals surface area contributed by atoms with Crippen LogP contribution in [0.1, 0.15) is 60.1 Å². The van der Waals surface area contributed by atoms with Crippen molar-refractivity contribution in [2.75, 3.05) is 32.8 Å². The molecule has 4 aromatic rings. The van der Waals surface area contributed by atoms with Crippen LogP contribution >= 0.6 is 11.6 Å². The van der Waals surface area contributed by atoms with E-state index in [1.165, 1.54) is 13.1 Å². The highest BCUT2D eigenvalue weighted by Gasteiger charge is 2.32. The Morgan fingerprint density at radius 3 is 2.47 bits per heavy atom. The maximum absolute atomic E-state index is 11.8. The van der Waals surface area contributed by atoms with E-state index in [1.807, 2.05) is 24.3 Å². The van der Waals surface area contributed by atoms with Gasteiger partial charge < -0.3 is 34.6 Å². The predicted molar refractivity (Wildman–Crippen MR) is 209 cm³/mol. The molecule has 13 heteroatoms. The van der Waals surface area contributed by atoms with Gasteiger partial charge in [0.2, 0.25) is 5.91 Å². The number of amides is 1. The SMILES string of the molecule is CC(=O)NC1CCN(CCCOc2cccc(-c3cccc(COc4cc(OCc5cncc(C#N)c5)c(CN[C@@](C)(CO)C(=O)O)cc4Cl)c3C)c2C)C1. The molecule has 1 aromatic heterocycles. The summed E-state index contributed by atoms with van der Waals surface area (Å²) in [7, 11) is 0. The van der Waals surface area contributed by atoms with E-state index in [0.29, 0.717) is 39.8 Å². The van der Waals surface area contributed by atoms with Crippen molar-refractivity contribution < 1.29 is 34.0 Å². The average Bonchev–Trinajstić information content (AvgIpc) is 3.62. The molecule has 12 nitrogen and oxygen atoms in total. The third-order valence-electron chi connectivity index (χ3n) is 9.85. The zero-order chi connectivity index (χ0) is 39.5. The van der Waals surface area contributed by atoms with Gasteiger partial charge in [-0.05, 0) is 79.6 Å². The van der Waals surface area contributed by atoms with Crippen LogP contribution in [-0.2, 0) is 29.3 Å². The number of nitrogens with one attached hydrogen (secondary N) is 2. The van der Waals surface area contributed by atoms with Gasteiger partial charge in [-0.15, -0.1) is 0 Å². The van der Waals surface area contributed by atoms with Crippen LogP contribution in [0.5, 0.6) is 17.2 Å². The number of nitriles is 1. The van der Waals surface area contributed by atoms with E-state index < -0.39 is 18.1 Å². The minimum Gasteiger partial charge on any atom is -0.493 e. The van der Waals surface area contributed by atoms with E-state index >= 15 is 0 Å². The van der Waals surface area contributed by atoms with Crippen LogP contribution in [0.25, 0.3) is 11.1 Å². The van der Waals surface area contributed by atoms with Crippen molar-refractivity contribution in [3.63, 3.8) is 0 Å². The fourth-order valence-corrected chi connectivity index (χ4v) is 6.74. The summed E-state index contributed by atoms with van der Waals surface area (Å²) in [6, 6.07) is 19.4. The van der Waals surface area contributed by atoms with E-state index in [2.05, 4.69) is 52.6 Å². The third-order valence-corrected chi connectivity index (χ3v) is 10.1. The summed E-state index contributed by atoms with van der Waals surface area (Å²) >= 11 is 6.74. The topological polar surface area (TPSA) is 166 Å². The Balaban J connectivity index is 1.28. The first-order chi connectivity index (χ1) is 26.4. The second-order valence-electron chi connectivity index (χ2n) is 14.0. The average molecular weight is 770 g/mol. The van der Waals surface area contributed by atoms with Gasteiger partial charge in [0.1, 0.15) is 42.1 Å². The first kappa shape index (κ1) is 41.0. The number of carbonyl (C=O) groups is 2. The zero-order valence-electron chi connectivity index (χ0n) is 31.7. The molecule has 0 aliphatic carbocycles. The number of rotatable bonds is 18. The summed E-state index contributed by atoms with van der Waals surface area (Å²) in [5.41, 5.74) is 5.17. The highest BCUT2D eigenvalue weighted by molar-refractivity contribution is 6.32. The van der Waals surface area contributed by atoms with Crippen molar-refractivity contribution in [1.29, 1.82) is 5.26 Å². The summed E-state index contributed by atoms with van der Waals surface area (Å²) in [6.07, 6.45) is 4.91. The van der Waals surface area contributed by atoms with Gasteiger partial charge in [0.05, 0.1) is 23.8 Å². The Morgan fingerprint density at radius 1 is 1.00 bits per heavy atom. The van der Waals surface area contributed by atoms with Gasteiger partial charge in [-0.2, -0.15) is 5.26 Å². The number of aliphatic carboxylic acids is 1. The first-order valence-electron chi connectivity index (χ1n) is 18.2. The van der Waals surface area contributed by atoms with Crippen molar-refractivity contribution in [2.24, 2.45) is 0 Å². The highest BCUT2D eigenvalue weighted by atomic mass is 35.5. The molecule has 0 bridgehead atoms. The fraction of sp³-hybridized carbons (Fsp3) is 0.381. The summed E-state index contributed by atoms with van der Waals surface area (Å²) in [5, 5.41) is 34.9. The molecular weight excluding hydrogens is 722 g/mol. The monoisotopic (exact) mass is 769 g/mol. The second-order valence-corrected chi connectivity index (χ2v) is 14.4. The number of carbonyl (C=O) groups excluding carboxylic acids is 1. The number of pyridine rings is 1. The molecule has 55 heavy (non-hydrogen) atoms. The molecule has 1 aliphatic rings. The third kappa shape index (κ3) is 10.7. The molecule has 1 fully saturated rings. The lowest BCUT2D eigenvalue weighted by atomic mass is 9.93. The van der Waals surface area contributed by atoms with Crippen molar-refractivity contribution in [1.82, 2.24) is 20.5 Å². The summed E-state index contributed by atoms with van der Waals surface area (Å²) < 4.78 is 18.7. The highest BCUT2D eigenvalue weighted by Crippen LogP contribution is 2.36. The quantitative estimate of drug-likeness (QED) is 0.0884. The van der Waals surface area contributed by atoms with Gasteiger partial charge in [0.15, 0.2) is 0 Å². The van der Waals surface area contributed by atoms with Crippen LogP contribution in [-0.4, -0.2) is 76.4 Å². The lowest BCUT2D eigenvalue weighted by Crippen LogP contribution is -2.52. The van der Waals surface area contributed by atoms with Crippen LogP contribution in [0, 0.1) is 25.2 Å². The normalized spacial score (nSPS) is 15.2. The van der Waals surface area contributed by atoms with Crippen molar-refractivity contribution in [3.05, 3.63) is 105 Å². The van der Waals surface area contributed by atoms with E-state index in [0.717, 1.165) is 66.0 Å². The summed E-state index contributed by atoms with van der Waals surface area (Å²) in [6.45, 7) is 10.1. The minimum absolute atomic E-state index is 0.0157. The Labute approximate surface area is 327 Å². The summed E-state index contributed by atoms with van der Waals surface area (Å²) in [4.78, 5) is 29.7. The molecular formula is C42H48ClN5O7. The number of benzene rings is 3. The number of hydrogen-bond acceptors (Lipinski definition) is 10. The lowest BCUT2D eigenvalue weighted by molar-refractivity contribution is -0.146. The Bertz CT molecular complexity index is 2040. The Morgan fingerprint density at radius 2 is 1.75 bits per heavy atom. The van der Waals surface area contributed by atoms with Crippen LogP contribution in [0.4, 0.5) is 0 Å². The van der Waals surface area contributed by atoms with E-state index in [-0.39, 0.29) is 31.7 Å². The van der Waals surface area contributed by atoms with Crippen LogP contribution in [0.15, 0.2) is 67.0 Å². The minimum atomic E-state index is -1.59. The standard InChI is InChI=1S/C42H48ClN5O7/c1-27-32(8-5-9-35(27)36-10-6-11-38(28(36)2)53-15-7-13-48-14-12-34(23-48)47-29(3)50)25-55-40-18-39(54-24-31-16-30(19-44)20-45-21-31)33(17-37(40)43)22-46-42(4,26-49)41(51)52/h5-6,8-11,16-18,20-21,34,46,49H,7,12-15,22-26H2,1-4H3,(H,47,50)(H,51,52)/t34?,42-/m0/s1. The lowest BCUT2D eigenvalue weighted by Gasteiger charge is -2.25.